The van der Waals surface area contributed by atoms with E-state index in [0.29, 0.717) is 5.92 Å². The highest BCUT2D eigenvalue weighted by Crippen LogP contribution is 2.32. The maximum atomic E-state index is 5.63. The first-order valence-corrected chi connectivity index (χ1v) is 5.74. The van der Waals surface area contributed by atoms with E-state index in [1.54, 1.807) is 0 Å². The summed E-state index contributed by atoms with van der Waals surface area (Å²) < 4.78 is 5.63. The molecule has 0 spiro atoms. The summed E-state index contributed by atoms with van der Waals surface area (Å²) >= 11 is 0. The zero-order chi connectivity index (χ0) is 11.2. The second-order valence-corrected chi connectivity index (χ2v) is 3.93. The van der Waals surface area contributed by atoms with Gasteiger partial charge in [-0.2, -0.15) is 0 Å². The minimum Gasteiger partial charge on any atom is -0.493 e. The Bertz CT molecular complexity index is 403. The van der Waals surface area contributed by atoms with Gasteiger partial charge in [-0.3, -0.25) is 0 Å². The molecule has 1 aromatic rings. The number of ether oxygens (including phenoxy) is 1. The fraction of sp³-hybridized carbons (Fsp3) is 0.429. The van der Waals surface area contributed by atoms with Crippen molar-refractivity contribution in [3.05, 3.63) is 29.8 Å². The second-order valence-electron chi connectivity index (χ2n) is 3.93. The first-order valence-electron chi connectivity index (χ1n) is 5.74. The Labute approximate surface area is 97.0 Å². The van der Waals surface area contributed by atoms with Gasteiger partial charge in [0.25, 0.3) is 0 Å². The van der Waals surface area contributed by atoms with Crippen LogP contribution in [0.25, 0.3) is 0 Å². The van der Waals surface area contributed by atoms with Gasteiger partial charge < -0.3 is 10.1 Å². The first kappa shape index (κ1) is 11.0. The van der Waals surface area contributed by atoms with Crippen LogP contribution in [0.4, 0.5) is 0 Å². The normalized spacial score (nSPS) is 17.9. The zero-order valence-corrected chi connectivity index (χ0v) is 9.62. The van der Waals surface area contributed by atoms with Crippen LogP contribution in [0.3, 0.4) is 0 Å². The third-order valence-electron chi connectivity index (χ3n) is 2.86. The number of hydrogen-bond acceptors (Lipinski definition) is 2. The summed E-state index contributed by atoms with van der Waals surface area (Å²) in [5.41, 5.74) is 1.32. The van der Waals surface area contributed by atoms with Gasteiger partial charge in [0.2, 0.25) is 0 Å². The molecule has 2 heteroatoms. The van der Waals surface area contributed by atoms with Crippen LogP contribution in [0, 0.1) is 11.8 Å². The molecule has 0 saturated heterocycles. The van der Waals surface area contributed by atoms with Crippen molar-refractivity contribution in [2.24, 2.45) is 0 Å². The van der Waals surface area contributed by atoms with E-state index in [2.05, 4.69) is 29.3 Å². The van der Waals surface area contributed by atoms with Gasteiger partial charge in [0.15, 0.2) is 0 Å². The molecular weight excluding hydrogens is 198 g/mol. The molecular formula is C14H17NO. The third-order valence-corrected chi connectivity index (χ3v) is 2.86. The Balaban J connectivity index is 1.98. The maximum Gasteiger partial charge on any atom is 0.122 e. The highest BCUT2D eigenvalue weighted by molar-refractivity contribution is 5.37. The van der Waals surface area contributed by atoms with Crippen molar-refractivity contribution in [1.82, 2.24) is 5.32 Å². The van der Waals surface area contributed by atoms with E-state index in [4.69, 9.17) is 4.74 Å². The van der Waals surface area contributed by atoms with Gasteiger partial charge in [0.1, 0.15) is 5.75 Å². The summed E-state index contributed by atoms with van der Waals surface area (Å²) in [7, 11) is 0. The molecule has 0 aromatic heterocycles. The Morgan fingerprint density at radius 1 is 1.44 bits per heavy atom. The fourth-order valence-corrected chi connectivity index (χ4v) is 2.03. The van der Waals surface area contributed by atoms with E-state index >= 15 is 0 Å². The van der Waals surface area contributed by atoms with E-state index in [9.17, 15) is 0 Å². The lowest BCUT2D eigenvalue weighted by Crippen LogP contribution is -2.26. The molecule has 0 saturated carbocycles. The largest absolute Gasteiger partial charge is 0.493 e. The number of rotatable bonds is 3. The van der Waals surface area contributed by atoms with Crippen LogP contribution in [0.5, 0.6) is 5.75 Å². The number of hydrogen-bond donors (Lipinski definition) is 1. The first-order chi connectivity index (χ1) is 7.92. The molecule has 1 aromatic carbocycles. The third kappa shape index (κ3) is 2.56. The van der Waals surface area contributed by atoms with Crippen molar-refractivity contribution in [3.63, 3.8) is 0 Å². The number of nitrogens with one attached hydrogen (secondary N) is 1. The summed E-state index contributed by atoms with van der Waals surface area (Å²) in [5, 5.41) is 3.37. The quantitative estimate of drug-likeness (QED) is 0.616. The minimum atomic E-state index is 0.559. The van der Waals surface area contributed by atoms with E-state index < -0.39 is 0 Å². The Morgan fingerprint density at radius 2 is 2.31 bits per heavy atom. The topological polar surface area (TPSA) is 21.3 Å². The summed E-state index contributed by atoms with van der Waals surface area (Å²) in [5.74, 6) is 7.51. The predicted octanol–water partition coefficient (Wildman–Crippen LogP) is 2.17. The van der Waals surface area contributed by atoms with Crippen LogP contribution in [-0.2, 0) is 0 Å². The molecule has 2 nitrogen and oxygen atoms in total. The molecule has 0 fully saturated rings. The molecule has 0 bridgehead atoms. The molecule has 1 heterocycles. The van der Waals surface area contributed by atoms with Crippen molar-refractivity contribution in [1.29, 1.82) is 0 Å². The van der Waals surface area contributed by atoms with Crippen molar-refractivity contribution in [2.75, 3.05) is 19.7 Å². The van der Waals surface area contributed by atoms with Crippen LogP contribution < -0.4 is 10.1 Å². The average Bonchev–Trinajstić information content (AvgIpc) is 2.35. The lowest BCUT2D eigenvalue weighted by molar-refractivity contribution is 0.265. The maximum absolute atomic E-state index is 5.63. The zero-order valence-electron chi connectivity index (χ0n) is 9.62. The molecule has 1 aliphatic heterocycles. The van der Waals surface area contributed by atoms with Gasteiger partial charge in [0.05, 0.1) is 13.2 Å². The Hall–Kier alpha value is -1.46. The molecule has 0 radical (unpaired) electrons. The fourth-order valence-electron chi connectivity index (χ4n) is 2.03. The van der Waals surface area contributed by atoms with Crippen LogP contribution in [-0.4, -0.2) is 19.7 Å². The minimum absolute atomic E-state index is 0.559. The van der Waals surface area contributed by atoms with E-state index in [-0.39, 0.29) is 0 Å². The molecule has 2 rings (SSSR count). The molecule has 1 aliphatic rings. The van der Waals surface area contributed by atoms with Crippen LogP contribution in [0.15, 0.2) is 24.3 Å². The van der Waals surface area contributed by atoms with Crippen molar-refractivity contribution >= 4 is 0 Å². The average molecular weight is 215 g/mol. The van der Waals surface area contributed by atoms with Crippen molar-refractivity contribution in [3.8, 4) is 17.6 Å². The summed E-state index contributed by atoms with van der Waals surface area (Å²) in [6.07, 6.45) is 1.09. The molecule has 1 unspecified atom stereocenters. The predicted molar refractivity (Wildman–Crippen MR) is 65.6 cm³/mol. The molecule has 1 atom stereocenters. The number of benzene rings is 1. The molecule has 16 heavy (non-hydrogen) atoms. The lowest BCUT2D eigenvalue weighted by Gasteiger charge is -2.25. The number of fused-ring (bicyclic) bond motifs is 1. The highest BCUT2D eigenvalue weighted by atomic mass is 16.5. The Kier molecular flexibility index (Phi) is 3.85. The van der Waals surface area contributed by atoms with Gasteiger partial charge in [0, 0.05) is 12.5 Å². The van der Waals surface area contributed by atoms with E-state index in [1.165, 1.54) is 5.56 Å². The molecule has 0 amide bonds. The van der Waals surface area contributed by atoms with Gasteiger partial charge in [-0.05, 0) is 25.0 Å². The van der Waals surface area contributed by atoms with Gasteiger partial charge in [-0.15, -0.1) is 5.92 Å². The monoisotopic (exact) mass is 215 g/mol. The van der Waals surface area contributed by atoms with Crippen molar-refractivity contribution < 1.29 is 4.74 Å². The summed E-state index contributed by atoms with van der Waals surface area (Å²) in [4.78, 5) is 0. The van der Waals surface area contributed by atoms with Crippen LogP contribution in [0.2, 0.25) is 0 Å². The second kappa shape index (κ2) is 5.58. The standard InChI is InChI=1S/C14H17NO/c1-2-3-9-15-11-12-8-10-16-14-7-5-4-6-13(12)14/h4-7,12,15H,8-11H2,1H3. The Morgan fingerprint density at radius 3 is 3.19 bits per heavy atom. The van der Waals surface area contributed by atoms with Crippen LogP contribution >= 0.6 is 0 Å². The van der Waals surface area contributed by atoms with E-state index in [1.807, 2.05) is 19.1 Å². The molecule has 1 N–H and O–H groups in total. The van der Waals surface area contributed by atoms with Gasteiger partial charge >= 0.3 is 0 Å². The molecule has 84 valence electrons. The molecule has 0 aliphatic carbocycles. The van der Waals surface area contributed by atoms with Crippen LogP contribution in [0.1, 0.15) is 24.8 Å². The summed E-state index contributed by atoms with van der Waals surface area (Å²) in [6.45, 7) is 4.44. The summed E-state index contributed by atoms with van der Waals surface area (Å²) in [6, 6.07) is 8.31. The number of para-hydroxylation sites is 1. The van der Waals surface area contributed by atoms with Gasteiger partial charge in [-0.25, -0.2) is 0 Å². The van der Waals surface area contributed by atoms with E-state index in [0.717, 1.165) is 31.9 Å². The lowest BCUT2D eigenvalue weighted by atomic mass is 9.93. The smallest absolute Gasteiger partial charge is 0.122 e. The van der Waals surface area contributed by atoms with Crippen molar-refractivity contribution in [2.45, 2.75) is 19.3 Å². The highest BCUT2D eigenvalue weighted by Gasteiger charge is 2.19. The SMILES string of the molecule is CC#CCNCC1CCOc2ccccc21. The van der Waals surface area contributed by atoms with Gasteiger partial charge in [-0.1, -0.05) is 24.1 Å².